The Morgan fingerprint density at radius 2 is 1.81 bits per heavy atom. The van der Waals surface area contributed by atoms with Crippen molar-refractivity contribution in [2.45, 2.75) is 12.9 Å². The fraction of sp³-hybridized carbons (Fsp3) is 0.375. The topological polar surface area (TPSA) is 61.5 Å². The molecule has 0 saturated carbocycles. The summed E-state index contributed by atoms with van der Waals surface area (Å²) in [4.78, 5) is 15.7. The molecule has 0 amide bonds. The quantitative estimate of drug-likeness (QED) is 0.872. The molecule has 0 atom stereocenters. The number of halogens is 4. The number of benzene rings is 1. The van der Waals surface area contributed by atoms with Crippen LogP contribution in [0.25, 0.3) is 0 Å². The van der Waals surface area contributed by atoms with Crippen LogP contribution >= 0.6 is 11.6 Å². The lowest BCUT2D eigenvalue weighted by Gasteiger charge is -2.36. The number of ether oxygens (including phenoxy) is 1. The van der Waals surface area contributed by atoms with E-state index < -0.39 is 11.9 Å². The van der Waals surface area contributed by atoms with Crippen molar-refractivity contribution in [3.8, 4) is 5.75 Å². The third-order valence-corrected chi connectivity index (χ3v) is 4.42. The van der Waals surface area contributed by atoms with E-state index in [9.17, 15) is 18.0 Å². The molecule has 10 heteroatoms. The SMILES string of the molecule is O=c1[nH]ncc(N2CCN(Cc3ccc(OC(F)(F)F)cc3)CC2)c1Cl. The van der Waals surface area contributed by atoms with Crippen LogP contribution in [0.1, 0.15) is 5.56 Å². The third-order valence-electron chi connectivity index (χ3n) is 4.05. The number of H-pyrrole nitrogens is 1. The van der Waals surface area contributed by atoms with Crippen LogP contribution in [0.5, 0.6) is 5.75 Å². The number of anilines is 1. The van der Waals surface area contributed by atoms with Crippen LogP contribution in [0.2, 0.25) is 5.02 Å². The molecular weight excluding hydrogens is 373 g/mol. The summed E-state index contributed by atoms with van der Waals surface area (Å²) in [6.45, 7) is 3.40. The van der Waals surface area contributed by atoms with Crippen LogP contribution in [0, 0.1) is 0 Å². The van der Waals surface area contributed by atoms with Gasteiger partial charge in [0.05, 0.1) is 11.9 Å². The summed E-state index contributed by atoms with van der Waals surface area (Å²) in [5, 5.41) is 6.17. The van der Waals surface area contributed by atoms with Crippen molar-refractivity contribution in [1.29, 1.82) is 0 Å². The zero-order chi connectivity index (χ0) is 18.7. The largest absolute Gasteiger partial charge is 0.573 e. The Balaban J connectivity index is 1.55. The molecule has 140 valence electrons. The molecule has 1 aromatic heterocycles. The van der Waals surface area contributed by atoms with Gasteiger partial charge < -0.3 is 9.64 Å². The number of aromatic amines is 1. The molecule has 0 radical (unpaired) electrons. The highest BCUT2D eigenvalue weighted by Crippen LogP contribution is 2.24. The van der Waals surface area contributed by atoms with Gasteiger partial charge in [0, 0.05) is 32.7 Å². The van der Waals surface area contributed by atoms with E-state index in [1.54, 1.807) is 12.1 Å². The van der Waals surface area contributed by atoms with Crippen LogP contribution in [0.15, 0.2) is 35.3 Å². The summed E-state index contributed by atoms with van der Waals surface area (Å²) >= 11 is 6.02. The Labute approximate surface area is 152 Å². The molecule has 3 rings (SSSR count). The molecule has 0 unspecified atom stereocenters. The van der Waals surface area contributed by atoms with E-state index in [-0.39, 0.29) is 10.8 Å². The summed E-state index contributed by atoms with van der Waals surface area (Å²) in [6, 6.07) is 5.84. The van der Waals surface area contributed by atoms with Gasteiger partial charge in [0.1, 0.15) is 10.8 Å². The lowest BCUT2D eigenvalue weighted by molar-refractivity contribution is -0.274. The van der Waals surface area contributed by atoms with Gasteiger partial charge in [0.15, 0.2) is 0 Å². The van der Waals surface area contributed by atoms with E-state index in [4.69, 9.17) is 11.6 Å². The Kier molecular flexibility index (Phi) is 5.38. The molecule has 6 nitrogen and oxygen atoms in total. The van der Waals surface area contributed by atoms with Gasteiger partial charge in [-0.2, -0.15) is 5.10 Å². The fourth-order valence-electron chi connectivity index (χ4n) is 2.80. The average Bonchev–Trinajstić information content (AvgIpc) is 2.59. The van der Waals surface area contributed by atoms with Crippen LogP contribution in [-0.4, -0.2) is 47.6 Å². The average molecular weight is 389 g/mol. The highest BCUT2D eigenvalue weighted by Gasteiger charge is 2.31. The molecule has 2 aromatic rings. The smallest absolute Gasteiger partial charge is 0.406 e. The second-order valence-electron chi connectivity index (χ2n) is 5.85. The van der Waals surface area contributed by atoms with E-state index in [2.05, 4.69) is 19.8 Å². The summed E-state index contributed by atoms with van der Waals surface area (Å²) in [5.74, 6) is -0.234. The van der Waals surface area contributed by atoms with Crippen molar-refractivity contribution in [2.75, 3.05) is 31.1 Å². The molecule has 1 saturated heterocycles. The Bertz CT molecular complexity index is 802. The lowest BCUT2D eigenvalue weighted by Crippen LogP contribution is -2.46. The first-order valence-electron chi connectivity index (χ1n) is 7.87. The maximum absolute atomic E-state index is 12.2. The standard InChI is InChI=1S/C16H16ClF3N4O2/c17-14-13(9-21-22-15(14)25)24-7-5-23(6-8-24)10-11-1-3-12(4-2-11)26-16(18,19)20/h1-4,9H,5-8,10H2,(H,22,25). The Morgan fingerprint density at radius 1 is 1.15 bits per heavy atom. The molecule has 2 heterocycles. The summed E-state index contributed by atoms with van der Waals surface area (Å²) < 4.78 is 40.4. The van der Waals surface area contributed by atoms with Gasteiger partial charge in [-0.1, -0.05) is 23.7 Å². The summed E-state index contributed by atoms with van der Waals surface area (Å²) in [7, 11) is 0. The molecule has 1 aliphatic rings. The summed E-state index contributed by atoms with van der Waals surface area (Å²) in [5.41, 5.74) is 1.07. The molecule has 1 N–H and O–H groups in total. The molecular formula is C16H16ClF3N4O2. The first-order valence-corrected chi connectivity index (χ1v) is 8.25. The van der Waals surface area contributed by atoms with Crippen molar-refractivity contribution >= 4 is 17.3 Å². The van der Waals surface area contributed by atoms with Crippen LogP contribution in [-0.2, 0) is 6.54 Å². The number of rotatable bonds is 4. The number of alkyl halides is 3. The lowest BCUT2D eigenvalue weighted by atomic mass is 10.2. The Hall–Kier alpha value is -2.26. The van der Waals surface area contributed by atoms with E-state index in [1.165, 1.54) is 18.3 Å². The normalized spacial score (nSPS) is 15.9. The molecule has 0 bridgehead atoms. The molecule has 26 heavy (non-hydrogen) atoms. The van der Waals surface area contributed by atoms with Gasteiger partial charge in [-0.25, -0.2) is 5.10 Å². The predicted octanol–water partition coefficient (Wildman–Crippen LogP) is 2.64. The van der Waals surface area contributed by atoms with Crippen molar-refractivity contribution in [1.82, 2.24) is 15.1 Å². The Morgan fingerprint density at radius 3 is 2.42 bits per heavy atom. The monoisotopic (exact) mass is 388 g/mol. The van der Waals surface area contributed by atoms with Crippen LogP contribution in [0.4, 0.5) is 18.9 Å². The highest BCUT2D eigenvalue weighted by atomic mass is 35.5. The van der Waals surface area contributed by atoms with Crippen molar-refractivity contribution in [3.05, 3.63) is 51.4 Å². The second kappa shape index (κ2) is 7.55. The maximum atomic E-state index is 12.2. The van der Waals surface area contributed by atoms with E-state index in [0.29, 0.717) is 25.3 Å². The molecule has 1 aliphatic heterocycles. The van der Waals surface area contributed by atoms with Gasteiger partial charge in [-0.05, 0) is 17.7 Å². The molecule has 1 aromatic carbocycles. The van der Waals surface area contributed by atoms with E-state index >= 15 is 0 Å². The predicted molar refractivity (Wildman–Crippen MR) is 90.5 cm³/mol. The second-order valence-corrected chi connectivity index (χ2v) is 6.23. The van der Waals surface area contributed by atoms with E-state index in [1.807, 2.05) is 4.90 Å². The van der Waals surface area contributed by atoms with Gasteiger partial charge in [-0.15, -0.1) is 13.2 Å². The van der Waals surface area contributed by atoms with Gasteiger partial charge >= 0.3 is 6.36 Å². The van der Waals surface area contributed by atoms with Crippen LogP contribution in [0.3, 0.4) is 0 Å². The number of hydrogen-bond donors (Lipinski definition) is 1. The zero-order valence-electron chi connectivity index (χ0n) is 13.6. The molecule has 0 aliphatic carbocycles. The van der Waals surface area contributed by atoms with Gasteiger partial charge in [-0.3, -0.25) is 9.69 Å². The maximum Gasteiger partial charge on any atom is 0.573 e. The van der Waals surface area contributed by atoms with E-state index in [0.717, 1.165) is 18.7 Å². The zero-order valence-corrected chi connectivity index (χ0v) is 14.3. The minimum atomic E-state index is -4.69. The minimum absolute atomic E-state index is 0.119. The number of nitrogens with one attached hydrogen (secondary N) is 1. The molecule has 1 fully saturated rings. The fourth-order valence-corrected chi connectivity index (χ4v) is 3.01. The number of hydrogen-bond acceptors (Lipinski definition) is 5. The first-order chi connectivity index (χ1) is 12.3. The number of nitrogens with zero attached hydrogens (tertiary/aromatic N) is 3. The van der Waals surface area contributed by atoms with Crippen molar-refractivity contribution in [3.63, 3.8) is 0 Å². The first kappa shape index (κ1) is 18.5. The molecule has 0 spiro atoms. The number of aromatic nitrogens is 2. The van der Waals surface area contributed by atoms with Crippen LogP contribution < -0.4 is 15.2 Å². The van der Waals surface area contributed by atoms with Gasteiger partial charge in [0.2, 0.25) is 0 Å². The van der Waals surface area contributed by atoms with Gasteiger partial charge in [0.25, 0.3) is 5.56 Å². The third kappa shape index (κ3) is 4.67. The summed E-state index contributed by atoms with van der Waals surface area (Å²) in [6.07, 6.45) is -3.16. The van der Waals surface area contributed by atoms with Crippen molar-refractivity contribution < 1.29 is 17.9 Å². The van der Waals surface area contributed by atoms with Crippen molar-refractivity contribution in [2.24, 2.45) is 0 Å². The number of piperazine rings is 1. The minimum Gasteiger partial charge on any atom is -0.406 e. The highest BCUT2D eigenvalue weighted by molar-refractivity contribution is 6.32.